The summed E-state index contributed by atoms with van der Waals surface area (Å²) in [5.41, 5.74) is 0.966. The first-order valence-corrected chi connectivity index (χ1v) is 5.94. The predicted molar refractivity (Wildman–Crippen MR) is 73.7 cm³/mol. The van der Waals surface area contributed by atoms with Crippen LogP contribution in [-0.2, 0) is 0 Å². The lowest BCUT2D eigenvalue weighted by molar-refractivity contribution is 0.324. The molecule has 0 amide bonds. The standard InChI is InChI=1S/C14H21NO3/c1-5-15-10-6-7-11-8-9-12(16-2)14(18-4)13(11)17-3/h6-9,15H,5,10H2,1-4H3. The Kier molecular flexibility index (Phi) is 6.08. The second-order valence-electron chi connectivity index (χ2n) is 3.63. The molecular formula is C14H21NO3. The van der Waals surface area contributed by atoms with Gasteiger partial charge in [0, 0.05) is 12.1 Å². The van der Waals surface area contributed by atoms with E-state index in [0.717, 1.165) is 18.7 Å². The summed E-state index contributed by atoms with van der Waals surface area (Å²) in [6.45, 7) is 3.85. The number of methoxy groups -OCH3 is 3. The fourth-order valence-corrected chi connectivity index (χ4v) is 1.67. The molecular weight excluding hydrogens is 230 g/mol. The number of rotatable bonds is 7. The molecule has 1 rings (SSSR count). The number of hydrogen-bond acceptors (Lipinski definition) is 4. The molecule has 1 N–H and O–H groups in total. The van der Waals surface area contributed by atoms with E-state index < -0.39 is 0 Å². The number of likely N-dealkylation sites (N-methyl/N-ethyl adjacent to an activating group) is 1. The minimum atomic E-state index is 0.616. The zero-order chi connectivity index (χ0) is 13.4. The highest BCUT2D eigenvalue weighted by atomic mass is 16.5. The minimum Gasteiger partial charge on any atom is -0.493 e. The van der Waals surface area contributed by atoms with Crippen molar-refractivity contribution in [2.75, 3.05) is 34.4 Å². The maximum Gasteiger partial charge on any atom is 0.203 e. The largest absolute Gasteiger partial charge is 0.493 e. The van der Waals surface area contributed by atoms with Crippen molar-refractivity contribution in [2.24, 2.45) is 0 Å². The summed E-state index contributed by atoms with van der Waals surface area (Å²) in [7, 11) is 4.84. The molecule has 1 aromatic carbocycles. The maximum absolute atomic E-state index is 5.39. The molecule has 0 radical (unpaired) electrons. The summed E-state index contributed by atoms with van der Waals surface area (Å²) in [5.74, 6) is 1.97. The predicted octanol–water partition coefficient (Wildman–Crippen LogP) is 2.34. The fraction of sp³-hybridized carbons (Fsp3) is 0.429. The van der Waals surface area contributed by atoms with Gasteiger partial charge in [-0.05, 0) is 18.7 Å². The minimum absolute atomic E-state index is 0.616. The SMILES string of the molecule is CCNCC=Cc1ccc(OC)c(OC)c1OC. The van der Waals surface area contributed by atoms with Gasteiger partial charge in [0.25, 0.3) is 0 Å². The highest BCUT2D eigenvalue weighted by Gasteiger charge is 2.13. The van der Waals surface area contributed by atoms with Crippen LogP contribution in [0.2, 0.25) is 0 Å². The summed E-state index contributed by atoms with van der Waals surface area (Å²) < 4.78 is 16.0. The van der Waals surface area contributed by atoms with E-state index in [0.29, 0.717) is 17.2 Å². The van der Waals surface area contributed by atoms with E-state index >= 15 is 0 Å². The van der Waals surface area contributed by atoms with E-state index in [2.05, 4.69) is 12.2 Å². The Morgan fingerprint density at radius 3 is 2.33 bits per heavy atom. The van der Waals surface area contributed by atoms with Crippen molar-refractivity contribution in [1.29, 1.82) is 0 Å². The summed E-state index contributed by atoms with van der Waals surface area (Å²) in [5, 5.41) is 3.22. The summed E-state index contributed by atoms with van der Waals surface area (Å²) in [4.78, 5) is 0. The molecule has 0 spiro atoms. The van der Waals surface area contributed by atoms with E-state index in [1.165, 1.54) is 0 Å². The molecule has 4 heteroatoms. The zero-order valence-corrected chi connectivity index (χ0v) is 11.4. The smallest absolute Gasteiger partial charge is 0.203 e. The van der Waals surface area contributed by atoms with Gasteiger partial charge < -0.3 is 19.5 Å². The number of nitrogens with one attached hydrogen (secondary N) is 1. The van der Waals surface area contributed by atoms with Crippen LogP contribution in [0.3, 0.4) is 0 Å². The molecule has 0 heterocycles. The quantitative estimate of drug-likeness (QED) is 0.755. The van der Waals surface area contributed by atoms with Crippen molar-refractivity contribution in [1.82, 2.24) is 5.32 Å². The third-order valence-electron chi connectivity index (χ3n) is 2.54. The molecule has 0 fully saturated rings. The molecule has 100 valence electrons. The number of benzene rings is 1. The fourth-order valence-electron chi connectivity index (χ4n) is 1.67. The normalized spacial score (nSPS) is 10.7. The van der Waals surface area contributed by atoms with Crippen molar-refractivity contribution >= 4 is 6.08 Å². The third kappa shape index (κ3) is 3.40. The third-order valence-corrected chi connectivity index (χ3v) is 2.54. The van der Waals surface area contributed by atoms with Gasteiger partial charge in [-0.15, -0.1) is 0 Å². The van der Waals surface area contributed by atoms with E-state index in [1.807, 2.05) is 24.3 Å². The molecule has 4 nitrogen and oxygen atoms in total. The van der Waals surface area contributed by atoms with Crippen molar-refractivity contribution < 1.29 is 14.2 Å². The van der Waals surface area contributed by atoms with Gasteiger partial charge in [-0.25, -0.2) is 0 Å². The molecule has 1 aromatic rings. The molecule has 0 aliphatic carbocycles. The first-order chi connectivity index (χ1) is 8.78. The Labute approximate surface area is 109 Å². The van der Waals surface area contributed by atoms with E-state index in [1.54, 1.807) is 21.3 Å². The Hall–Kier alpha value is -1.68. The molecule has 0 aromatic heterocycles. The van der Waals surface area contributed by atoms with E-state index in [4.69, 9.17) is 14.2 Å². The van der Waals surface area contributed by atoms with Gasteiger partial charge in [-0.2, -0.15) is 0 Å². The van der Waals surface area contributed by atoms with Crippen LogP contribution in [0, 0.1) is 0 Å². The monoisotopic (exact) mass is 251 g/mol. The molecule has 0 aliphatic rings. The van der Waals surface area contributed by atoms with Crippen LogP contribution >= 0.6 is 0 Å². The van der Waals surface area contributed by atoms with Gasteiger partial charge in [-0.1, -0.05) is 19.1 Å². The Balaban J connectivity index is 3.01. The second-order valence-corrected chi connectivity index (χ2v) is 3.63. The Morgan fingerprint density at radius 2 is 1.78 bits per heavy atom. The molecule has 18 heavy (non-hydrogen) atoms. The molecule has 0 aliphatic heterocycles. The van der Waals surface area contributed by atoms with Gasteiger partial charge in [0.05, 0.1) is 21.3 Å². The van der Waals surface area contributed by atoms with Crippen LogP contribution in [0.15, 0.2) is 18.2 Å². The first-order valence-electron chi connectivity index (χ1n) is 5.94. The molecule has 0 saturated carbocycles. The number of ether oxygens (including phenoxy) is 3. The Bertz CT molecular complexity index is 402. The lowest BCUT2D eigenvalue weighted by atomic mass is 10.1. The molecule has 0 bridgehead atoms. The van der Waals surface area contributed by atoms with Gasteiger partial charge in [0.15, 0.2) is 11.5 Å². The van der Waals surface area contributed by atoms with Crippen molar-refractivity contribution in [3.05, 3.63) is 23.8 Å². The average Bonchev–Trinajstić information content (AvgIpc) is 2.42. The first kappa shape index (κ1) is 14.4. The summed E-state index contributed by atoms with van der Waals surface area (Å²) in [6, 6.07) is 3.82. The van der Waals surface area contributed by atoms with Crippen LogP contribution in [0.1, 0.15) is 12.5 Å². The van der Waals surface area contributed by atoms with Crippen LogP contribution in [0.4, 0.5) is 0 Å². The topological polar surface area (TPSA) is 39.7 Å². The van der Waals surface area contributed by atoms with Gasteiger partial charge in [0.2, 0.25) is 5.75 Å². The van der Waals surface area contributed by atoms with Gasteiger partial charge >= 0.3 is 0 Å². The van der Waals surface area contributed by atoms with Crippen LogP contribution in [0.25, 0.3) is 6.08 Å². The summed E-state index contributed by atoms with van der Waals surface area (Å²) in [6.07, 6.45) is 4.05. The average molecular weight is 251 g/mol. The molecule has 0 saturated heterocycles. The Morgan fingerprint density at radius 1 is 1.06 bits per heavy atom. The van der Waals surface area contributed by atoms with Crippen LogP contribution in [-0.4, -0.2) is 34.4 Å². The maximum atomic E-state index is 5.39. The van der Waals surface area contributed by atoms with E-state index in [9.17, 15) is 0 Å². The molecule has 0 atom stereocenters. The van der Waals surface area contributed by atoms with Crippen molar-refractivity contribution in [2.45, 2.75) is 6.92 Å². The summed E-state index contributed by atoms with van der Waals surface area (Å²) >= 11 is 0. The zero-order valence-electron chi connectivity index (χ0n) is 11.4. The highest BCUT2D eigenvalue weighted by molar-refractivity contribution is 5.66. The van der Waals surface area contributed by atoms with Crippen molar-refractivity contribution in [3.8, 4) is 17.2 Å². The highest BCUT2D eigenvalue weighted by Crippen LogP contribution is 2.40. The van der Waals surface area contributed by atoms with E-state index in [-0.39, 0.29) is 0 Å². The lowest BCUT2D eigenvalue weighted by Gasteiger charge is -2.14. The van der Waals surface area contributed by atoms with Crippen LogP contribution in [0.5, 0.6) is 17.2 Å². The second kappa shape index (κ2) is 7.61. The number of hydrogen-bond donors (Lipinski definition) is 1. The van der Waals surface area contributed by atoms with Gasteiger partial charge in [-0.3, -0.25) is 0 Å². The molecule has 0 unspecified atom stereocenters. The van der Waals surface area contributed by atoms with Gasteiger partial charge in [0.1, 0.15) is 0 Å². The van der Waals surface area contributed by atoms with Crippen LogP contribution < -0.4 is 19.5 Å². The lowest BCUT2D eigenvalue weighted by Crippen LogP contribution is -2.11. The van der Waals surface area contributed by atoms with Crippen molar-refractivity contribution in [3.63, 3.8) is 0 Å².